The third-order valence-corrected chi connectivity index (χ3v) is 5.62. The van der Waals surface area contributed by atoms with E-state index in [0.29, 0.717) is 5.25 Å². The number of alkyl halides is 1. The Balaban J connectivity index is 1.77. The van der Waals surface area contributed by atoms with Crippen LogP contribution in [-0.2, 0) is 4.74 Å². The lowest BCUT2D eigenvalue weighted by atomic mass is 9.98. The molecular formula is C11H19BrN2OS. The summed E-state index contributed by atoms with van der Waals surface area (Å²) >= 11 is 5.46. The van der Waals surface area contributed by atoms with Crippen molar-refractivity contribution in [2.24, 2.45) is 10.9 Å². The van der Waals surface area contributed by atoms with Crippen molar-refractivity contribution in [2.75, 3.05) is 38.7 Å². The number of hydrogen-bond acceptors (Lipinski definition) is 4. The van der Waals surface area contributed by atoms with E-state index in [-0.39, 0.29) is 0 Å². The van der Waals surface area contributed by atoms with Crippen molar-refractivity contribution in [3.05, 3.63) is 0 Å². The Bertz CT molecular complexity index is 254. The van der Waals surface area contributed by atoms with Crippen molar-refractivity contribution in [2.45, 2.75) is 18.1 Å². The maximum absolute atomic E-state index is 5.22. The molecule has 0 bridgehead atoms. The second kappa shape index (κ2) is 6.26. The molecule has 1 atom stereocenters. The summed E-state index contributed by atoms with van der Waals surface area (Å²) in [6, 6.07) is 0. The Morgan fingerprint density at radius 1 is 1.50 bits per heavy atom. The van der Waals surface area contributed by atoms with E-state index in [1.54, 1.807) is 7.11 Å². The van der Waals surface area contributed by atoms with Crippen LogP contribution in [0, 0.1) is 5.92 Å². The predicted molar refractivity (Wildman–Crippen MR) is 73.6 cm³/mol. The SMILES string of the molecule is COCC1CCN(C2=NCC(CBr)S2)CC1. The van der Waals surface area contributed by atoms with E-state index < -0.39 is 0 Å². The van der Waals surface area contributed by atoms with Gasteiger partial charge in [-0.25, -0.2) is 0 Å². The molecule has 0 aromatic heterocycles. The molecule has 0 N–H and O–H groups in total. The quantitative estimate of drug-likeness (QED) is 0.747. The van der Waals surface area contributed by atoms with Crippen molar-refractivity contribution in [1.82, 2.24) is 4.90 Å². The molecule has 0 radical (unpaired) electrons. The average molecular weight is 307 g/mol. The van der Waals surface area contributed by atoms with Crippen molar-refractivity contribution >= 4 is 32.9 Å². The lowest BCUT2D eigenvalue weighted by molar-refractivity contribution is 0.120. The van der Waals surface area contributed by atoms with Gasteiger partial charge in [0.1, 0.15) is 0 Å². The number of thioether (sulfide) groups is 1. The Kier molecular flexibility index (Phi) is 4.97. The minimum Gasteiger partial charge on any atom is -0.384 e. The first-order valence-electron chi connectivity index (χ1n) is 5.84. The molecule has 2 aliphatic rings. The van der Waals surface area contributed by atoms with Crippen molar-refractivity contribution in [1.29, 1.82) is 0 Å². The summed E-state index contributed by atoms with van der Waals surface area (Å²) in [6.07, 6.45) is 2.48. The van der Waals surface area contributed by atoms with Crippen LogP contribution >= 0.6 is 27.7 Å². The summed E-state index contributed by atoms with van der Waals surface area (Å²) < 4.78 is 5.22. The lowest BCUT2D eigenvalue weighted by Crippen LogP contribution is -2.37. The highest BCUT2D eigenvalue weighted by molar-refractivity contribution is 9.09. The topological polar surface area (TPSA) is 24.8 Å². The van der Waals surface area contributed by atoms with Gasteiger partial charge >= 0.3 is 0 Å². The van der Waals surface area contributed by atoms with Crippen LogP contribution in [0.2, 0.25) is 0 Å². The first kappa shape index (κ1) is 12.7. The van der Waals surface area contributed by atoms with Crippen molar-refractivity contribution in [3.63, 3.8) is 0 Å². The third kappa shape index (κ3) is 3.14. The highest BCUT2D eigenvalue weighted by Gasteiger charge is 2.26. The van der Waals surface area contributed by atoms with E-state index in [2.05, 4.69) is 25.8 Å². The van der Waals surface area contributed by atoms with Gasteiger partial charge in [0.2, 0.25) is 0 Å². The molecule has 16 heavy (non-hydrogen) atoms. The number of amidine groups is 1. The Morgan fingerprint density at radius 2 is 2.25 bits per heavy atom. The molecule has 1 saturated heterocycles. The van der Waals surface area contributed by atoms with Gasteiger partial charge in [0, 0.05) is 37.4 Å². The van der Waals surface area contributed by atoms with Gasteiger partial charge < -0.3 is 9.64 Å². The van der Waals surface area contributed by atoms with Crippen LogP contribution in [0.1, 0.15) is 12.8 Å². The average Bonchev–Trinajstić information content (AvgIpc) is 2.79. The second-order valence-electron chi connectivity index (χ2n) is 4.40. The number of halogens is 1. The summed E-state index contributed by atoms with van der Waals surface area (Å²) in [5.41, 5.74) is 0. The van der Waals surface area contributed by atoms with Crippen LogP contribution in [-0.4, -0.2) is 54.0 Å². The smallest absolute Gasteiger partial charge is 0.159 e. The Labute approximate surface area is 110 Å². The van der Waals surface area contributed by atoms with Crippen LogP contribution in [0.3, 0.4) is 0 Å². The molecule has 2 aliphatic heterocycles. The summed E-state index contributed by atoms with van der Waals surface area (Å²) in [5.74, 6) is 0.750. The second-order valence-corrected chi connectivity index (χ2v) is 6.32. The fourth-order valence-corrected chi connectivity index (χ4v) is 3.78. The zero-order chi connectivity index (χ0) is 11.4. The molecule has 2 rings (SSSR count). The molecule has 0 amide bonds. The zero-order valence-corrected chi connectivity index (χ0v) is 12.1. The fraction of sp³-hybridized carbons (Fsp3) is 0.909. The molecule has 5 heteroatoms. The highest BCUT2D eigenvalue weighted by Crippen LogP contribution is 2.28. The lowest BCUT2D eigenvalue weighted by Gasteiger charge is -2.32. The largest absolute Gasteiger partial charge is 0.384 e. The molecule has 2 heterocycles. The monoisotopic (exact) mass is 306 g/mol. The summed E-state index contributed by atoms with van der Waals surface area (Å²) in [6.45, 7) is 4.18. The number of ether oxygens (including phenoxy) is 1. The first-order chi connectivity index (χ1) is 7.83. The zero-order valence-electron chi connectivity index (χ0n) is 9.69. The van der Waals surface area contributed by atoms with Gasteiger partial charge in [0.25, 0.3) is 0 Å². The number of hydrogen-bond donors (Lipinski definition) is 0. The van der Waals surface area contributed by atoms with E-state index in [0.717, 1.165) is 37.5 Å². The van der Waals surface area contributed by atoms with Crippen molar-refractivity contribution < 1.29 is 4.74 Å². The molecule has 0 saturated carbocycles. The molecule has 3 nitrogen and oxygen atoms in total. The van der Waals surface area contributed by atoms with Gasteiger partial charge in [-0.2, -0.15) is 0 Å². The normalized spacial score (nSPS) is 27.2. The Hall–Kier alpha value is 0.260. The van der Waals surface area contributed by atoms with Gasteiger partial charge in [-0.3, -0.25) is 4.99 Å². The van der Waals surface area contributed by atoms with E-state index in [1.807, 2.05) is 11.8 Å². The maximum Gasteiger partial charge on any atom is 0.159 e. The summed E-state index contributed by atoms with van der Waals surface area (Å²) in [7, 11) is 1.80. The van der Waals surface area contributed by atoms with Crippen LogP contribution < -0.4 is 0 Å². The minimum absolute atomic E-state index is 0.645. The molecule has 0 aromatic carbocycles. The number of aliphatic imine (C=N–C) groups is 1. The first-order valence-corrected chi connectivity index (χ1v) is 7.84. The van der Waals surface area contributed by atoms with Gasteiger partial charge in [-0.15, -0.1) is 0 Å². The standard InChI is InChI=1S/C11H19BrN2OS/c1-15-8-9-2-4-14(5-3-9)11-13-7-10(6-12)16-11/h9-10H,2-8H2,1H3. The molecule has 0 aromatic rings. The number of nitrogens with zero attached hydrogens (tertiary/aromatic N) is 2. The fourth-order valence-electron chi connectivity index (χ4n) is 2.18. The summed E-state index contributed by atoms with van der Waals surface area (Å²) in [4.78, 5) is 7.07. The van der Waals surface area contributed by atoms with Gasteiger partial charge in [-0.1, -0.05) is 27.7 Å². The van der Waals surface area contributed by atoms with Gasteiger partial charge in [-0.05, 0) is 18.8 Å². The maximum atomic E-state index is 5.22. The van der Waals surface area contributed by atoms with Crippen LogP contribution in [0.5, 0.6) is 0 Å². The highest BCUT2D eigenvalue weighted by atomic mass is 79.9. The minimum atomic E-state index is 0.645. The number of piperidine rings is 1. The van der Waals surface area contributed by atoms with Crippen LogP contribution in [0.15, 0.2) is 4.99 Å². The molecule has 0 aliphatic carbocycles. The number of likely N-dealkylation sites (tertiary alicyclic amines) is 1. The molecule has 92 valence electrons. The Morgan fingerprint density at radius 3 is 2.81 bits per heavy atom. The number of rotatable bonds is 3. The third-order valence-electron chi connectivity index (χ3n) is 3.16. The molecule has 1 fully saturated rings. The van der Waals surface area contributed by atoms with E-state index in [1.165, 1.54) is 18.0 Å². The van der Waals surface area contributed by atoms with E-state index >= 15 is 0 Å². The molecule has 1 unspecified atom stereocenters. The molecule has 0 spiro atoms. The van der Waals surface area contributed by atoms with Gasteiger partial charge in [0.05, 0.1) is 6.54 Å². The van der Waals surface area contributed by atoms with Gasteiger partial charge in [0.15, 0.2) is 5.17 Å². The van der Waals surface area contributed by atoms with Crippen LogP contribution in [0.4, 0.5) is 0 Å². The van der Waals surface area contributed by atoms with E-state index in [4.69, 9.17) is 4.74 Å². The van der Waals surface area contributed by atoms with Crippen LogP contribution in [0.25, 0.3) is 0 Å². The predicted octanol–water partition coefficient (Wildman–Crippen LogP) is 2.21. The molecular weight excluding hydrogens is 288 g/mol. The summed E-state index contributed by atoms with van der Waals surface area (Å²) in [5, 5.41) is 2.96. The number of methoxy groups -OCH3 is 1. The van der Waals surface area contributed by atoms with Crippen molar-refractivity contribution in [3.8, 4) is 0 Å². The van der Waals surface area contributed by atoms with E-state index in [9.17, 15) is 0 Å².